The van der Waals surface area contributed by atoms with Gasteiger partial charge in [-0.05, 0) is 30.5 Å². The van der Waals surface area contributed by atoms with Crippen molar-refractivity contribution in [2.45, 2.75) is 18.9 Å². The third-order valence-electron chi connectivity index (χ3n) is 5.73. The quantitative estimate of drug-likeness (QED) is 0.697. The summed E-state index contributed by atoms with van der Waals surface area (Å²) in [5.41, 5.74) is 1.10. The van der Waals surface area contributed by atoms with Crippen molar-refractivity contribution in [1.29, 1.82) is 0 Å². The SMILES string of the molecule is COc1cccc(C(CNC(=O)C2CCN(S(C)(=O)=O)CC2)N2CCOCC2)c1. The van der Waals surface area contributed by atoms with Crippen LogP contribution in [0.25, 0.3) is 0 Å². The van der Waals surface area contributed by atoms with Crippen molar-refractivity contribution in [3.05, 3.63) is 29.8 Å². The van der Waals surface area contributed by atoms with Crippen molar-refractivity contribution < 1.29 is 22.7 Å². The molecule has 1 aromatic rings. The van der Waals surface area contributed by atoms with Crippen molar-refractivity contribution >= 4 is 15.9 Å². The number of carbonyl (C=O) groups is 1. The van der Waals surface area contributed by atoms with Gasteiger partial charge in [0.25, 0.3) is 0 Å². The topological polar surface area (TPSA) is 88.2 Å². The fourth-order valence-corrected chi connectivity index (χ4v) is 4.86. The highest BCUT2D eigenvalue weighted by Crippen LogP contribution is 2.25. The molecule has 2 fully saturated rings. The Morgan fingerprint density at radius 2 is 1.93 bits per heavy atom. The standard InChI is InChI=1S/C20H31N3O5S/c1-27-18-5-3-4-17(14-18)19(22-10-12-28-13-11-22)15-21-20(24)16-6-8-23(9-7-16)29(2,25)26/h3-5,14,16,19H,6-13,15H2,1-2H3,(H,21,24). The predicted molar refractivity (Wildman–Crippen MR) is 110 cm³/mol. The second kappa shape index (κ2) is 9.88. The molecule has 2 aliphatic heterocycles. The lowest BCUT2D eigenvalue weighted by molar-refractivity contribution is -0.126. The van der Waals surface area contributed by atoms with Gasteiger partial charge in [-0.1, -0.05) is 12.1 Å². The van der Waals surface area contributed by atoms with Gasteiger partial charge in [-0.25, -0.2) is 12.7 Å². The van der Waals surface area contributed by atoms with Crippen LogP contribution in [-0.2, 0) is 19.6 Å². The van der Waals surface area contributed by atoms with Gasteiger partial charge in [-0.15, -0.1) is 0 Å². The van der Waals surface area contributed by atoms with Crippen LogP contribution in [0.2, 0.25) is 0 Å². The monoisotopic (exact) mass is 425 g/mol. The summed E-state index contributed by atoms with van der Waals surface area (Å²) in [5.74, 6) is 0.642. The zero-order chi connectivity index (χ0) is 20.9. The summed E-state index contributed by atoms with van der Waals surface area (Å²) in [4.78, 5) is 15.1. The van der Waals surface area contributed by atoms with Crippen molar-refractivity contribution in [3.63, 3.8) is 0 Å². The maximum atomic E-state index is 12.7. The first-order valence-corrected chi connectivity index (χ1v) is 11.9. The number of sulfonamides is 1. The van der Waals surface area contributed by atoms with Gasteiger partial charge >= 0.3 is 0 Å². The van der Waals surface area contributed by atoms with Gasteiger partial charge in [0.15, 0.2) is 0 Å². The van der Waals surface area contributed by atoms with Gasteiger partial charge in [0.05, 0.1) is 32.6 Å². The van der Waals surface area contributed by atoms with Gasteiger partial charge in [0.2, 0.25) is 15.9 Å². The number of ether oxygens (including phenoxy) is 2. The molecule has 9 heteroatoms. The van der Waals surface area contributed by atoms with Crippen LogP contribution in [0.4, 0.5) is 0 Å². The minimum absolute atomic E-state index is 0.000642. The minimum Gasteiger partial charge on any atom is -0.497 e. The van der Waals surface area contributed by atoms with Crippen LogP contribution >= 0.6 is 0 Å². The highest BCUT2D eigenvalue weighted by atomic mass is 32.2. The maximum Gasteiger partial charge on any atom is 0.223 e. The molecule has 2 heterocycles. The Kier molecular flexibility index (Phi) is 7.50. The lowest BCUT2D eigenvalue weighted by Crippen LogP contribution is -2.46. The third kappa shape index (κ3) is 5.91. The first-order chi connectivity index (χ1) is 13.9. The van der Waals surface area contributed by atoms with E-state index in [1.54, 1.807) is 7.11 Å². The fraction of sp³-hybridized carbons (Fsp3) is 0.650. The van der Waals surface area contributed by atoms with Crippen molar-refractivity contribution in [2.24, 2.45) is 5.92 Å². The Bertz CT molecular complexity index is 787. The molecule has 0 aromatic heterocycles. The third-order valence-corrected chi connectivity index (χ3v) is 7.03. The number of hydrogen-bond donors (Lipinski definition) is 1. The second-order valence-electron chi connectivity index (χ2n) is 7.62. The molecule has 1 atom stereocenters. The molecule has 1 unspecified atom stereocenters. The Morgan fingerprint density at radius 1 is 1.24 bits per heavy atom. The number of rotatable bonds is 7. The Morgan fingerprint density at radius 3 is 2.55 bits per heavy atom. The van der Waals surface area contributed by atoms with Crippen LogP contribution in [0.15, 0.2) is 24.3 Å². The van der Waals surface area contributed by atoms with E-state index in [4.69, 9.17) is 9.47 Å². The number of carbonyl (C=O) groups excluding carboxylic acids is 1. The van der Waals surface area contributed by atoms with Crippen molar-refractivity contribution in [3.8, 4) is 5.75 Å². The molecule has 1 aromatic carbocycles. The van der Waals surface area contributed by atoms with Crippen LogP contribution < -0.4 is 10.1 Å². The average molecular weight is 426 g/mol. The number of hydrogen-bond acceptors (Lipinski definition) is 6. The Labute approximate surface area is 173 Å². The minimum atomic E-state index is -3.19. The molecule has 0 aliphatic carbocycles. The summed E-state index contributed by atoms with van der Waals surface area (Å²) >= 11 is 0. The molecule has 29 heavy (non-hydrogen) atoms. The zero-order valence-corrected chi connectivity index (χ0v) is 18.0. The summed E-state index contributed by atoms with van der Waals surface area (Å²) in [7, 11) is -1.54. The molecule has 8 nitrogen and oxygen atoms in total. The fourth-order valence-electron chi connectivity index (χ4n) is 3.99. The molecule has 1 amide bonds. The molecule has 0 saturated carbocycles. The number of methoxy groups -OCH3 is 1. The van der Waals surface area contributed by atoms with Crippen LogP contribution in [-0.4, -0.2) is 82.8 Å². The average Bonchev–Trinajstić information content (AvgIpc) is 2.74. The smallest absolute Gasteiger partial charge is 0.223 e. The van der Waals surface area contributed by atoms with Gasteiger partial charge < -0.3 is 14.8 Å². The summed E-state index contributed by atoms with van der Waals surface area (Å²) in [6.45, 7) is 4.28. The van der Waals surface area contributed by atoms with Crippen LogP contribution in [0, 0.1) is 5.92 Å². The molecule has 0 radical (unpaired) electrons. The highest BCUT2D eigenvalue weighted by molar-refractivity contribution is 7.88. The molecule has 0 spiro atoms. The van der Waals surface area contributed by atoms with E-state index >= 15 is 0 Å². The largest absolute Gasteiger partial charge is 0.497 e. The molecule has 0 bridgehead atoms. The molecule has 162 valence electrons. The highest BCUT2D eigenvalue weighted by Gasteiger charge is 2.30. The van der Waals surface area contributed by atoms with E-state index in [1.807, 2.05) is 18.2 Å². The van der Waals surface area contributed by atoms with E-state index in [2.05, 4.69) is 16.3 Å². The normalized spacial score (nSPS) is 20.9. The van der Waals surface area contributed by atoms with Crippen LogP contribution in [0.5, 0.6) is 5.75 Å². The molecule has 2 saturated heterocycles. The van der Waals surface area contributed by atoms with E-state index in [1.165, 1.54) is 10.6 Å². The van der Waals surface area contributed by atoms with Gasteiger partial charge in [-0.2, -0.15) is 0 Å². The first kappa shape index (κ1) is 22.0. The molecule has 3 rings (SSSR count). The van der Waals surface area contributed by atoms with Crippen LogP contribution in [0.3, 0.4) is 0 Å². The van der Waals surface area contributed by atoms with Gasteiger partial charge in [0, 0.05) is 38.6 Å². The zero-order valence-electron chi connectivity index (χ0n) is 17.2. The van der Waals surface area contributed by atoms with E-state index < -0.39 is 10.0 Å². The lowest BCUT2D eigenvalue weighted by atomic mass is 9.96. The number of benzene rings is 1. The van der Waals surface area contributed by atoms with E-state index in [9.17, 15) is 13.2 Å². The second-order valence-corrected chi connectivity index (χ2v) is 9.60. The van der Waals surface area contributed by atoms with E-state index in [0.717, 1.165) is 24.4 Å². The number of nitrogens with zero attached hydrogens (tertiary/aromatic N) is 2. The summed E-state index contributed by atoms with van der Waals surface area (Å²) < 4.78 is 35.6. The molecular formula is C20H31N3O5S. The van der Waals surface area contributed by atoms with Crippen molar-refractivity contribution in [1.82, 2.24) is 14.5 Å². The van der Waals surface area contributed by atoms with Crippen molar-refractivity contribution in [2.75, 3.05) is 59.3 Å². The van der Waals surface area contributed by atoms with Crippen LogP contribution in [0.1, 0.15) is 24.4 Å². The predicted octanol–water partition coefficient (Wildman–Crippen LogP) is 0.856. The number of amides is 1. The maximum absolute atomic E-state index is 12.7. The summed E-state index contributed by atoms with van der Waals surface area (Å²) in [6, 6.07) is 7.98. The molecule has 2 aliphatic rings. The first-order valence-electron chi connectivity index (χ1n) is 10.1. The van der Waals surface area contributed by atoms with E-state index in [0.29, 0.717) is 45.7 Å². The molecule has 1 N–H and O–H groups in total. The number of nitrogens with one attached hydrogen (secondary N) is 1. The number of morpholine rings is 1. The van der Waals surface area contributed by atoms with Gasteiger partial charge in [-0.3, -0.25) is 9.69 Å². The Hall–Kier alpha value is -1.68. The van der Waals surface area contributed by atoms with E-state index in [-0.39, 0.29) is 17.9 Å². The number of piperidine rings is 1. The summed E-state index contributed by atoms with van der Waals surface area (Å²) in [6.07, 6.45) is 2.33. The molecular weight excluding hydrogens is 394 g/mol. The Balaban J connectivity index is 1.63. The van der Waals surface area contributed by atoms with Gasteiger partial charge in [0.1, 0.15) is 5.75 Å². The summed E-state index contributed by atoms with van der Waals surface area (Å²) in [5, 5.41) is 3.11. The lowest BCUT2D eigenvalue weighted by Gasteiger charge is -2.35.